The van der Waals surface area contributed by atoms with Crippen LogP contribution in [0, 0.1) is 5.82 Å². The number of aromatic nitrogens is 2. The van der Waals surface area contributed by atoms with Crippen molar-refractivity contribution in [3.05, 3.63) is 94.4 Å². The number of benzene rings is 3. The Morgan fingerprint density at radius 3 is 2.41 bits per heavy atom. The van der Waals surface area contributed by atoms with Gasteiger partial charge in [0.15, 0.2) is 11.6 Å². The number of nitrogens with one attached hydrogen (secondary N) is 2. The maximum Gasteiger partial charge on any atom is 0.262 e. The van der Waals surface area contributed by atoms with Crippen LogP contribution in [0.15, 0.2) is 72.9 Å². The fourth-order valence-corrected chi connectivity index (χ4v) is 4.39. The molecule has 1 amide bonds. The largest absolute Gasteiger partial charge is 0.490 e. The second kappa shape index (κ2) is 14.6. The summed E-state index contributed by atoms with van der Waals surface area (Å²) in [7, 11) is 0. The lowest BCUT2D eigenvalue weighted by atomic mass is 10.2. The van der Waals surface area contributed by atoms with Gasteiger partial charge in [-0.05, 0) is 55.9 Å². The topological polar surface area (TPSA) is 88.6 Å². The van der Waals surface area contributed by atoms with Crippen LogP contribution in [0.1, 0.15) is 30.6 Å². The molecule has 0 saturated carbocycles. The molecule has 0 fully saturated rings. The van der Waals surface area contributed by atoms with Crippen molar-refractivity contribution in [3.63, 3.8) is 0 Å². The number of amides is 1. The van der Waals surface area contributed by atoms with Crippen LogP contribution in [0.3, 0.4) is 0 Å². The molecule has 41 heavy (non-hydrogen) atoms. The molecule has 4 aromatic rings. The molecule has 0 radical (unpaired) electrons. The molecule has 0 aliphatic carbocycles. The summed E-state index contributed by atoms with van der Waals surface area (Å²) in [6.07, 6.45) is 2.10. The third-order valence-electron chi connectivity index (χ3n) is 6.12. The van der Waals surface area contributed by atoms with Crippen molar-refractivity contribution in [2.75, 3.05) is 36.9 Å². The Balaban J connectivity index is 1.51. The molecule has 8 nitrogen and oxygen atoms in total. The van der Waals surface area contributed by atoms with Crippen molar-refractivity contribution in [1.29, 1.82) is 0 Å². The maximum atomic E-state index is 14.8. The van der Waals surface area contributed by atoms with Crippen molar-refractivity contribution < 1.29 is 18.7 Å². The average molecular weight is 599 g/mol. The number of hydrogen-bond donors (Lipinski definition) is 2. The molecule has 2 N–H and O–H groups in total. The van der Waals surface area contributed by atoms with E-state index in [2.05, 4.69) is 39.3 Å². The smallest absolute Gasteiger partial charge is 0.262 e. The zero-order valence-corrected chi connectivity index (χ0v) is 24.2. The predicted molar refractivity (Wildman–Crippen MR) is 161 cm³/mol. The average Bonchev–Trinajstić information content (AvgIpc) is 2.97. The van der Waals surface area contributed by atoms with E-state index in [0.29, 0.717) is 18.0 Å². The van der Waals surface area contributed by atoms with Gasteiger partial charge in [-0.1, -0.05) is 61.3 Å². The van der Waals surface area contributed by atoms with Crippen molar-refractivity contribution in [1.82, 2.24) is 14.9 Å². The molecular formula is C30H30Cl2FN5O3. The highest BCUT2D eigenvalue weighted by Crippen LogP contribution is 2.32. The van der Waals surface area contributed by atoms with Gasteiger partial charge >= 0.3 is 0 Å². The Morgan fingerprint density at radius 2 is 1.73 bits per heavy atom. The minimum atomic E-state index is -0.578. The van der Waals surface area contributed by atoms with Gasteiger partial charge in [-0.3, -0.25) is 4.79 Å². The number of rotatable bonds is 13. The molecule has 0 atom stereocenters. The first-order valence-electron chi connectivity index (χ1n) is 13.1. The van der Waals surface area contributed by atoms with Crippen LogP contribution in [0.25, 0.3) is 0 Å². The minimum Gasteiger partial charge on any atom is -0.490 e. The van der Waals surface area contributed by atoms with Gasteiger partial charge in [0.25, 0.3) is 5.91 Å². The molecule has 0 saturated heterocycles. The number of anilines is 3. The Morgan fingerprint density at radius 1 is 1.00 bits per heavy atom. The lowest BCUT2D eigenvalue weighted by Crippen LogP contribution is -2.25. The molecule has 3 aromatic carbocycles. The molecule has 0 spiro atoms. The van der Waals surface area contributed by atoms with Gasteiger partial charge in [-0.25, -0.2) is 9.37 Å². The second-order valence-corrected chi connectivity index (χ2v) is 9.69. The third-order valence-corrected chi connectivity index (χ3v) is 6.75. The van der Waals surface area contributed by atoms with Crippen molar-refractivity contribution in [2.45, 2.75) is 20.3 Å². The van der Waals surface area contributed by atoms with Crippen LogP contribution in [0.5, 0.6) is 17.4 Å². The van der Waals surface area contributed by atoms with E-state index in [-0.39, 0.29) is 38.9 Å². The van der Waals surface area contributed by atoms with Crippen LogP contribution in [0.4, 0.5) is 21.7 Å². The SMILES string of the molecule is CCN(CC)CCCOc1ccc(Nc2ncc(C(=O)Nc3c(Cl)cccc3Cl)c(Oc3ccccc3)n2)cc1F. The van der Waals surface area contributed by atoms with E-state index in [9.17, 15) is 9.18 Å². The number of ether oxygens (including phenoxy) is 2. The van der Waals surface area contributed by atoms with E-state index < -0.39 is 11.7 Å². The van der Waals surface area contributed by atoms with E-state index in [4.69, 9.17) is 32.7 Å². The fourth-order valence-electron chi connectivity index (χ4n) is 3.89. The Kier molecular flexibility index (Phi) is 10.7. The van der Waals surface area contributed by atoms with Gasteiger partial charge in [-0.15, -0.1) is 0 Å². The van der Waals surface area contributed by atoms with Gasteiger partial charge in [0, 0.05) is 24.5 Å². The Bertz CT molecular complexity index is 1450. The zero-order chi connectivity index (χ0) is 29.2. The summed E-state index contributed by atoms with van der Waals surface area (Å²) in [5.41, 5.74) is 0.679. The lowest BCUT2D eigenvalue weighted by Gasteiger charge is -2.17. The summed E-state index contributed by atoms with van der Waals surface area (Å²) < 4.78 is 26.3. The van der Waals surface area contributed by atoms with Crippen molar-refractivity contribution in [3.8, 4) is 17.4 Å². The van der Waals surface area contributed by atoms with Crippen LogP contribution in [-0.4, -0.2) is 47.0 Å². The summed E-state index contributed by atoms with van der Waals surface area (Å²) in [4.78, 5) is 24.1. The highest BCUT2D eigenvalue weighted by atomic mass is 35.5. The molecule has 0 aliphatic rings. The normalized spacial score (nSPS) is 10.9. The molecule has 0 unspecified atom stereocenters. The standard InChI is InChI=1S/C30H30Cl2FN5O3/c1-3-38(4-2)16-9-17-40-26-15-14-20(18-25(26)33)35-30-34-19-22(29(37-30)41-21-10-6-5-7-11-21)28(39)36-27-23(31)12-8-13-24(27)32/h5-8,10-15,18-19H,3-4,9,16-17H2,1-2H3,(H,36,39)(H,34,35,37). The predicted octanol–water partition coefficient (Wildman–Crippen LogP) is 7.82. The lowest BCUT2D eigenvalue weighted by molar-refractivity contribution is 0.102. The van der Waals surface area contributed by atoms with Gasteiger partial charge in [-0.2, -0.15) is 4.98 Å². The van der Waals surface area contributed by atoms with E-state index in [0.717, 1.165) is 26.1 Å². The number of hydrogen-bond acceptors (Lipinski definition) is 7. The zero-order valence-electron chi connectivity index (χ0n) is 22.7. The quantitative estimate of drug-likeness (QED) is 0.152. The van der Waals surface area contributed by atoms with E-state index >= 15 is 0 Å². The number of carbonyl (C=O) groups is 1. The summed E-state index contributed by atoms with van der Waals surface area (Å²) in [6.45, 7) is 7.44. The number of carbonyl (C=O) groups excluding carboxylic acids is 1. The highest BCUT2D eigenvalue weighted by Gasteiger charge is 2.20. The van der Waals surface area contributed by atoms with E-state index in [1.54, 1.807) is 54.6 Å². The monoisotopic (exact) mass is 597 g/mol. The third kappa shape index (κ3) is 8.29. The van der Waals surface area contributed by atoms with Crippen molar-refractivity contribution >= 4 is 46.4 Å². The Hall–Kier alpha value is -3.92. The number of nitrogens with zero attached hydrogens (tertiary/aromatic N) is 3. The molecule has 4 rings (SSSR count). The molecule has 214 valence electrons. The van der Waals surface area contributed by atoms with Gasteiger partial charge in [0.05, 0.1) is 22.3 Å². The first-order valence-corrected chi connectivity index (χ1v) is 13.9. The van der Waals surface area contributed by atoms with E-state index in [1.807, 2.05) is 6.07 Å². The molecular weight excluding hydrogens is 568 g/mol. The maximum absolute atomic E-state index is 14.8. The van der Waals surface area contributed by atoms with Gasteiger partial charge < -0.3 is 25.0 Å². The van der Waals surface area contributed by atoms with Crippen molar-refractivity contribution in [2.24, 2.45) is 0 Å². The van der Waals surface area contributed by atoms with Crippen LogP contribution >= 0.6 is 23.2 Å². The van der Waals surface area contributed by atoms with Gasteiger partial charge in [0.2, 0.25) is 11.8 Å². The van der Waals surface area contributed by atoms with Crippen LogP contribution in [-0.2, 0) is 0 Å². The summed E-state index contributed by atoms with van der Waals surface area (Å²) in [5.74, 6) is -0.416. The first kappa shape index (κ1) is 30.0. The van der Waals surface area contributed by atoms with Crippen LogP contribution in [0.2, 0.25) is 10.0 Å². The van der Waals surface area contributed by atoms with Crippen LogP contribution < -0.4 is 20.1 Å². The Labute approximate surface area is 248 Å². The van der Waals surface area contributed by atoms with E-state index in [1.165, 1.54) is 12.3 Å². The molecule has 11 heteroatoms. The summed E-state index contributed by atoms with van der Waals surface area (Å²) in [5, 5.41) is 6.18. The summed E-state index contributed by atoms with van der Waals surface area (Å²) >= 11 is 12.4. The molecule has 1 heterocycles. The van der Waals surface area contributed by atoms with Gasteiger partial charge in [0.1, 0.15) is 11.3 Å². The highest BCUT2D eigenvalue weighted by molar-refractivity contribution is 6.40. The first-order chi connectivity index (χ1) is 19.9. The number of halogens is 3. The minimum absolute atomic E-state index is 0.0250. The summed E-state index contributed by atoms with van der Waals surface area (Å²) in [6, 6.07) is 18.2. The number of para-hydroxylation sites is 2. The molecule has 0 bridgehead atoms. The molecule has 0 aliphatic heterocycles. The molecule has 1 aromatic heterocycles. The second-order valence-electron chi connectivity index (χ2n) is 8.88. The fraction of sp³-hybridized carbons (Fsp3) is 0.233.